The third-order valence-electron chi connectivity index (χ3n) is 5.22. The van der Waals surface area contributed by atoms with E-state index in [4.69, 9.17) is 5.73 Å². The van der Waals surface area contributed by atoms with Gasteiger partial charge in [0.25, 0.3) is 0 Å². The molecule has 112 valence electrons. The molecule has 1 aromatic carbocycles. The van der Waals surface area contributed by atoms with Crippen LogP contribution in [0, 0.1) is 23.2 Å². The van der Waals surface area contributed by atoms with Crippen molar-refractivity contribution in [2.75, 3.05) is 18.0 Å². The first-order valence-corrected chi connectivity index (χ1v) is 7.94. The molecular weight excluding hydrogens is 274 g/mol. The zero-order chi connectivity index (χ0) is 15.1. The molecule has 2 fully saturated rings. The molecule has 3 unspecified atom stereocenters. The Morgan fingerprint density at radius 3 is 2.86 bits per heavy atom. The van der Waals surface area contributed by atoms with Crippen molar-refractivity contribution in [1.82, 2.24) is 10.2 Å². The molecule has 0 spiro atoms. The van der Waals surface area contributed by atoms with E-state index in [0.29, 0.717) is 17.5 Å². The lowest BCUT2D eigenvalue weighted by molar-refractivity contribution is 0.260. The minimum atomic E-state index is 0.287. The summed E-state index contributed by atoms with van der Waals surface area (Å²) in [6.07, 6.45) is 3.58. The summed E-state index contributed by atoms with van der Waals surface area (Å²) >= 11 is 0. The molecule has 0 radical (unpaired) electrons. The van der Waals surface area contributed by atoms with Crippen LogP contribution in [0.25, 0.3) is 10.9 Å². The first-order valence-electron chi connectivity index (χ1n) is 7.94. The standard InChI is InChI=1S/C17H19N5/c18-8-16-17(12-5-1-2-7-15(12)20-21-16)22-9-11-4-3-6-14(19)13(11)10-22/h1-2,5,7,11,13-14H,3-4,6,9-10,19H2. The van der Waals surface area contributed by atoms with Crippen LogP contribution < -0.4 is 10.6 Å². The number of nitriles is 1. The molecule has 5 nitrogen and oxygen atoms in total. The van der Waals surface area contributed by atoms with Gasteiger partial charge in [-0.3, -0.25) is 0 Å². The molecule has 2 aliphatic rings. The number of hydrogen-bond acceptors (Lipinski definition) is 5. The van der Waals surface area contributed by atoms with Gasteiger partial charge in [-0.2, -0.15) is 5.26 Å². The molecule has 1 aliphatic carbocycles. The molecule has 1 saturated heterocycles. The normalized spacial score (nSPS) is 27.6. The van der Waals surface area contributed by atoms with Crippen LogP contribution >= 0.6 is 0 Å². The fourth-order valence-corrected chi connectivity index (χ4v) is 4.13. The summed E-state index contributed by atoms with van der Waals surface area (Å²) in [4.78, 5) is 2.32. The van der Waals surface area contributed by atoms with Crippen molar-refractivity contribution in [1.29, 1.82) is 5.26 Å². The summed E-state index contributed by atoms with van der Waals surface area (Å²) < 4.78 is 0. The average Bonchev–Trinajstić information content (AvgIpc) is 2.99. The number of fused-ring (bicyclic) bond motifs is 2. The number of nitrogens with zero attached hydrogens (tertiary/aromatic N) is 4. The van der Waals surface area contributed by atoms with E-state index in [2.05, 4.69) is 21.2 Å². The molecule has 1 aromatic heterocycles. The summed E-state index contributed by atoms with van der Waals surface area (Å²) in [7, 11) is 0. The van der Waals surface area contributed by atoms with E-state index in [1.165, 1.54) is 12.8 Å². The molecule has 2 heterocycles. The van der Waals surface area contributed by atoms with E-state index in [9.17, 15) is 5.26 Å². The Morgan fingerprint density at radius 1 is 1.18 bits per heavy atom. The lowest BCUT2D eigenvalue weighted by atomic mass is 9.78. The van der Waals surface area contributed by atoms with Crippen molar-refractivity contribution in [2.24, 2.45) is 17.6 Å². The zero-order valence-electron chi connectivity index (χ0n) is 12.4. The van der Waals surface area contributed by atoms with Crippen molar-refractivity contribution >= 4 is 16.6 Å². The van der Waals surface area contributed by atoms with E-state index in [0.717, 1.165) is 36.1 Å². The lowest BCUT2D eigenvalue weighted by Crippen LogP contribution is -2.38. The van der Waals surface area contributed by atoms with E-state index >= 15 is 0 Å². The summed E-state index contributed by atoms with van der Waals surface area (Å²) in [5, 5.41) is 18.7. The first kappa shape index (κ1) is 13.5. The van der Waals surface area contributed by atoms with Crippen LogP contribution in [0.2, 0.25) is 0 Å². The van der Waals surface area contributed by atoms with Crippen LogP contribution in [0.3, 0.4) is 0 Å². The Balaban J connectivity index is 1.79. The molecule has 2 N–H and O–H groups in total. The molecule has 0 amide bonds. The maximum atomic E-state index is 9.44. The second-order valence-corrected chi connectivity index (χ2v) is 6.45. The molecule has 2 aromatic rings. The predicted octanol–water partition coefficient (Wildman–Crippen LogP) is 2.07. The lowest BCUT2D eigenvalue weighted by Gasteiger charge is -2.29. The molecule has 5 heteroatoms. The van der Waals surface area contributed by atoms with Gasteiger partial charge in [-0.05, 0) is 30.7 Å². The third kappa shape index (κ3) is 2.03. The maximum absolute atomic E-state index is 9.44. The van der Waals surface area contributed by atoms with E-state index < -0.39 is 0 Å². The van der Waals surface area contributed by atoms with Gasteiger partial charge in [0.1, 0.15) is 6.07 Å². The number of anilines is 1. The highest BCUT2D eigenvalue weighted by Gasteiger charge is 2.39. The molecule has 4 rings (SSSR count). The van der Waals surface area contributed by atoms with Crippen LogP contribution in [-0.4, -0.2) is 29.3 Å². The number of rotatable bonds is 1. The summed E-state index contributed by atoms with van der Waals surface area (Å²) in [6.45, 7) is 1.90. The topological polar surface area (TPSA) is 78.8 Å². The SMILES string of the molecule is N#Cc1nnc2ccccc2c1N1CC2CCCC(N)C2C1. The number of aromatic nitrogens is 2. The van der Waals surface area contributed by atoms with Gasteiger partial charge >= 0.3 is 0 Å². The minimum absolute atomic E-state index is 0.287. The number of nitrogens with two attached hydrogens (primary N) is 1. The van der Waals surface area contributed by atoms with Crippen molar-refractivity contribution in [3.8, 4) is 6.07 Å². The summed E-state index contributed by atoms with van der Waals surface area (Å²) in [5.74, 6) is 1.18. The fraction of sp³-hybridized carbons (Fsp3) is 0.471. The summed E-state index contributed by atoms with van der Waals surface area (Å²) in [6, 6.07) is 10.4. The van der Waals surface area contributed by atoms with Crippen LogP contribution in [-0.2, 0) is 0 Å². The van der Waals surface area contributed by atoms with Gasteiger partial charge < -0.3 is 10.6 Å². The van der Waals surface area contributed by atoms with Crippen LogP contribution in [0.4, 0.5) is 5.69 Å². The van der Waals surface area contributed by atoms with Crippen LogP contribution in [0.5, 0.6) is 0 Å². The Kier molecular flexibility index (Phi) is 3.20. The van der Waals surface area contributed by atoms with E-state index in [1.807, 2.05) is 24.3 Å². The maximum Gasteiger partial charge on any atom is 0.187 e. The quantitative estimate of drug-likeness (QED) is 0.870. The van der Waals surface area contributed by atoms with Crippen molar-refractivity contribution in [3.63, 3.8) is 0 Å². The van der Waals surface area contributed by atoms with Crippen LogP contribution in [0.1, 0.15) is 25.0 Å². The Hall–Kier alpha value is -2.19. The van der Waals surface area contributed by atoms with E-state index in [1.54, 1.807) is 0 Å². The molecule has 1 aliphatic heterocycles. The van der Waals surface area contributed by atoms with Gasteiger partial charge in [0.15, 0.2) is 5.69 Å². The molecule has 1 saturated carbocycles. The molecule has 0 bridgehead atoms. The van der Waals surface area contributed by atoms with Gasteiger partial charge in [0, 0.05) is 24.5 Å². The van der Waals surface area contributed by atoms with Crippen molar-refractivity contribution in [2.45, 2.75) is 25.3 Å². The van der Waals surface area contributed by atoms with Gasteiger partial charge in [0.05, 0.1) is 11.2 Å². The Labute approximate surface area is 129 Å². The van der Waals surface area contributed by atoms with Crippen molar-refractivity contribution in [3.05, 3.63) is 30.0 Å². The van der Waals surface area contributed by atoms with Gasteiger partial charge in [-0.25, -0.2) is 0 Å². The monoisotopic (exact) mass is 293 g/mol. The highest BCUT2D eigenvalue weighted by Crippen LogP contribution is 2.40. The molecular formula is C17H19N5. The second-order valence-electron chi connectivity index (χ2n) is 6.45. The van der Waals surface area contributed by atoms with Gasteiger partial charge in [-0.1, -0.05) is 24.6 Å². The molecule has 22 heavy (non-hydrogen) atoms. The predicted molar refractivity (Wildman–Crippen MR) is 85.3 cm³/mol. The highest BCUT2D eigenvalue weighted by atomic mass is 15.2. The summed E-state index contributed by atoms with van der Waals surface area (Å²) in [5.41, 5.74) is 8.53. The third-order valence-corrected chi connectivity index (χ3v) is 5.22. The van der Waals surface area contributed by atoms with Gasteiger partial charge in [-0.15, -0.1) is 10.2 Å². The minimum Gasteiger partial charge on any atom is -0.368 e. The Bertz CT molecular complexity index is 750. The van der Waals surface area contributed by atoms with Crippen molar-refractivity contribution < 1.29 is 0 Å². The number of benzene rings is 1. The number of hydrogen-bond donors (Lipinski definition) is 1. The largest absolute Gasteiger partial charge is 0.368 e. The molecule has 3 atom stereocenters. The van der Waals surface area contributed by atoms with E-state index in [-0.39, 0.29) is 6.04 Å². The second kappa shape index (κ2) is 5.22. The average molecular weight is 293 g/mol. The highest BCUT2D eigenvalue weighted by molar-refractivity contribution is 5.93. The Morgan fingerprint density at radius 2 is 2.05 bits per heavy atom. The van der Waals surface area contributed by atoms with Gasteiger partial charge in [0.2, 0.25) is 0 Å². The fourth-order valence-electron chi connectivity index (χ4n) is 4.13. The first-order chi connectivity index (χ1) is 10.8. The zero-order valence-corrected chi connectivity index (χ0v) is 12.4. The smallest absolute Gasteiger partial charge is 0.187 e. The van der Waals surface area contributed by atoms with Crippen LogP contribution in [0.15, 0.2) is 24.3 Å².